The molecule has 1 N–H and O–H groups in total. The molecule has 4 heteroatoms. The highest BCUT2D eigenvalue weighted by atomic mass is 16.2. The lowest BCUT2D eigenvalue weighted by molar-refractivity contribution is -0.116. The predicted octanol–water partition coefficient (Wildman–Crippen LogP) is 4.47. The minimum absolute atomic E-state index is 0.00128. The van der Waals surface area contributed by atoms with Crippen molar-refractivity contribution in [1.29, 1.82) is 0 Å². The topological polar surface area (TPSA) is 49.4 Å². The lowest BCUT2D eigenvalue weighted by Crippen LogP contribution is -2.38. The van der Waals surface area contributed by atoms with Crippen molar-refractivity contribution in [3.05, 3.63) is 29.8 Å². The largest absolute Gasteiger partial charge is 0.339 e. The molecule has 0 aromatic heterocycles. The number of carbonyl (C=O) groups excluding carboxylic acids is 2. The standard InChI is InChI=1S/C20H30N2O2/c1-3-4-5-6-11-19(23)21-18-10-8-7-9-17(18)20(24)22-14-12-16(2)13-15-22/h7-10,16H,3-6,11-15H2,1-2H3,(H,21,23). The molecule has 1 aromatic rings. The van der Waals surface area contributed by atoms with Crippen LogP contribution in [0.25, 0.3) is 0 Å². The van der Waals surface area contributed by atoms with Crippen molar-refractivity contribution in [1.82, 2.24) is 4.90 Å². The molecular formula is C20H30N2O2. The normalized spacial score (nSPS) is 15.3. The fourth-order valence-corrected chi connectivity index (χ4v) is 3.09. The minimum atomic E-state index is -0.00128. The lowest BCUT2D eigenvalue weighted by Gasteiger charge is -2.30. The number of amides is 2. The van der Waals surface area contributed by atoms with E-state index in [-0.39, 0.29) is 11.8 Å². The van der Waals surface area contributed by atoms with Crippen molar-refractivity contribution in [2.75, 3.05) is 18.4 Å². The maximum absolute atomic E-state index is 12.8. The van der Waals surface area contributed by atoms with Gasteiger partial charge in [-0.2, -0.15) is 0 Å². The lowest BCUT2D eigenvalue weighted by atomic mass is 9.98. The highest BCUT2D eigenvalue weighted by molar-refractivity contribution is 6.03. The first-order chi connectivity index (χ1) is 11.6. The van der Waals surface area contributed by atoms with Crippen LogP contribution in [0.2, 0.25) is 0 Å². The number of para-hydroxylation sites is 1. The van der Waals surface area contributed by atoms with Crippen LogP contribution in [-0.2, 0) is 4.79 Å². The van der Waals surface area contributed by atoms with Gasteiger partial charge in [0.05, 0.1) is 11.3 Å². The van der Waals surface area contributed by atoms with Gasteiger partial charge in [-0.25, -0.2) is 0 Å². The van der Waals surface area contributed by atoms with Gasteiger partial charge in [-0.3, -0.25) is 9.59 Å². The van der Waals surface area contributed by atoms with E-state index in [1.54, 1.807) is 0 Å². The first-order valence-electron chi connectivity index (χ1n) is 9.30. The van der Waals surface area contributed by atoms with Crippen LogP contribution in [0.1, 0.15) is 69.2 Å². The number of benzene rings is 1. The summed E-state index contributed by atoms with van der Waals surface area (Å²) < 4.78 is 0. The average molecular weight is 330 g/mol. The Morgan fingerprint density at radius 2 is 1.83 bits per heavy atom. The number of anilines is 1. The summed E-state index contributed by atoms with van der Waals surface area (Å²) >= 11 is 0. The third-order valence-corrected chi connectivity index (χ3v) is 4.76. The Bertz CT molecular complexity index is 548. The fourth-order valence-electron chi connectivity index (χ4n) is 3.09. The number of nitrogens with zero attached hydrogens (tertiary/aromatic N) is 1. The van der Waals surface area contributed by atoms with Gasteiger partial charge in [-0.15, -0.1) is 0 Å². The first-order valence-corrected chi connectivity index (χ1v) is 9.30. The van der Waals surface area contributed by atoms with Crippen molar-refractivity contribution in [3.63, 3.8) is 0 Å². The van der Waals surface area contributed by atoms with E-state index in [9.17, 15) is 9.59 Å². The van der Waals surface area contributed by atoms with Gasteiger partial charge in [0.2, 0.25) is 5.91 Å². The number of unbranched alkanes of at least 4 members (excludes halogenated alkanes) is 3. The van der Waals surface area contributed by atoms with Gasteiger partial charge in [0.1, 0.15) is 0 Å². The molecule has 0 aliphatic carbocycles. The predicted molar refractivity (Wildman–Crippen MR) is 98.1 cm³/mol. The van der Waals surface area contributed by atoms with E-state index >= 15 is 0 Å². The summed E-state index contributed by atoms with van der Waals surface area (Å²) in [5, 5.41) is 2.93. The monoisotopic (exact) mass is 330 g/mol. The SMILES string of the molecule is CCCCCCC(=O)Nc1ccccc1C(=O)N1CCC(C)CC1. The molecule has 1 fully saturated rings. The van der Waals surface area contributed by atoms with E-state index in [2.05, 4.69) is 19.2 Å². The number of hydrogen-bond donors (Lipinski definition) is 1. The number of likely N-dealkylation sites (tertiary alicyclic amines) is 1. The van der Waals surface area contributed by atoms with Gasteiger partial charge in [0, 0.05) is 19.5 Å². The van der Waals surface area contributed by atoms with Crippen molar-refractivity contribution < 1.29 is 9.59 Å². The van der Waals surface area contributed by atoms with Crippen LogP contribution in [0, 0.1) is 5.92 Å². The molecule has 0 bridgehead atoms. The van der Waals surface area contributed by atoms with E-state index in [0.29, 0.717) is 23.6 Å². The molecular weight excluding hydrogens is 300 g/mol. The summed E-state index contributed by atoms with van der Waals surface area (Å²) in [6.45, 7) is 6.00. The molecule has 2 amide bonds. The summed E-state index contributed by atoms with van der Waals surface area (Å²) in [5.74, 6) is 0.717. The summed E-state index contributed by atoms with van der Waals surface area (Å²) in [5.41, 5.74) is 1.25. The van der Waals surface area contributed by atoms with E-state index in [4.69, 9.17) is 0 Å². The molecule has 0 unspecified atom stereocenters. The molecule has 4 nitrogen and oxygen atoms in total. The number of piperidine rings is 1. The van der Waals surface area contributed by atoms with Crippen LogP contribution < -0.4 is 5.32 Å². The maximum atomic E-state index is 12.8. The van der Waals surface area contributed by atoms with Crippen LogP contribution in [0.5, 0.6) is 0 Å². The highest BCUT2D eigenvalue weighted by Crippen LogP contribution is 2.22. The number of nitrogens with one attached hydrogen (secondary N) is 1. The summed E-state index contributed by atoms with van der Waals surface area (Å²) in [4.78, 5) is 26.8. The quantitative estimate of drug-likeness (QED) is 0.750. The molecule has 1 aliphatic heterocycles. The maximum Gasteiger partial charge on any atom is 0.255 e. The number of carbonyl (C=O) groups is 2. The molecule has 1 aromatic carbocycles. The highest BCUT2D eigenvalue weighted by Gasteiger charge is 2.23. The first kappa shape index (κ1) is 18.5. The molecule has 0 atom stereocenters. The van der Waals surface area contributed by atoms with E-state index in [0.717, 1.165) is 51.6 Å². The summed E-state index contributed by atoms with van der Waals surface area (Å²) in [6, 6.07) is 7.36. The molecule has 24 heavy (non-hydrogen) atoms. The Morgan fingerprint density at radius 1 is 1.12 bits per heavy atom. The second-order valence-corrected chi connectivity index (χ2v) is 6.88. The molecule has 132 valence electrons. The zero-order chi connectivity index (χ0) is 17.4. The number of hydrogen-bond acceptors (Lipinski definition) is 2. The van der Waals surface area contributed by atoms with E-state index in [1.807, 2.05) is 29.2 Å². The van der Waals surface area contributed by atoms with Gasteiger partial charge in [0.15, 0.2) is 0 Å². The summed E-state index contributed by atoms with van der Waals surface area (Å²) in [7, 11) is 0. The summed E-state index contributed by atoms with van der Waals surface area (Å²) in [6.07, 6.45) is 6.93. The second kappa shape index (κ2) is 9.45. The van der Waals surface area contributed by atoms with Crippen molar-refractivity contribution in [2.45, 2.75) is 58.8 Å². The molecule has 0 spiro atoms. The van der Waals surface area contributed by atoms with Crippen LogP contribution >= 0.6 is 0 Å². The molecule has 1 heterocycles. The zero-order valence-electron chi connectivity index (χ0n) is 15.0. The Labute approximate surface area is 145 Å². The smallest absolute Gasteiger partial charge is 0.255 e. The minimum Gasteiger partial charge on any atom is -0.339 e. The van der Waals surface area contributed by atoms with Gasteiger partial charge in [-0.05, 0) is 37.3 Å². The molecule has 0 radical (unpaired) electrons. The van der Waals surface area contributed by atoms with Crippen molar-refractivity contribution >= 4 is 17.5 Å². The van der Waals surface area contributed by atoms with Gasteiger partial charge < -0.3 is 10.2 Å². The Balaban J connectivity index is 1.96. The van der Waals surface area contributed by atoms with E-state index in [1.165, 1.54) is 0 Å². The van der Waals surface area contributed by atoms with Crippen molar-refractivity contribution in [3.8, 4) is 0 Å². The van der Waals surface area contributed by atoms with Crippen LogP contribution in [0.15, 0.2) is 24.3 Å². The third kappa shape index (κ3) is 5.36. The average Bonchev–Trinajstić information content (AvgIpc) is 2.59. The van der Waals surface area contributed by atoms with Gasteiger partial charge >= 0.3 is 0 Å². The van der Waals surface area contributed by atoms with Crippen LogP contribution in [0.4, 0.5) is 5.69 Å². The Morgan fingerprint density at radius 3 is 2.54 bits per heavy atom. The van der Waals surface area contributed by atoms with Crippen LogP contribution in [-0.4, -0.2) is 29.8 Å². The van der Waals surface area contributed by atoms with Crippen molar-refractivity contribution in [2.24, 2.45) is 5.92 Å². The Kier molecular flexibility index (Phi) is 7.29. The third-order valence-electron chi connectivity index (χ3n) is 4.76. The van der Waals surface area contributed by atoms with Crippen LogP contribution in [0.3, 0.4) is 0 Å². The Hall–Kier alpha value is -1.84. The van der Waals surface area contributed by atoms with Gasteiger partial charge in [-0.1, -0.05) is 45.2 Å². The van der Waals surface area contributed by atoms with Gasteiger partial charge in [0.25, 0.3) is 5.91 Å². The molecule has 1 saturated heterocycles. The van der Waals surface area contributed by atoms with E-state index < -0.39 is 0 Å². The fraction of sp³-hybridized carbons (Fsp3) is 0.600. The second-order valence-electron chi connectivity index (χ2n) is 6.88. The number of rotatable bonds is 7. The zero-order valence-corrected chi connectivity index (χ0v) is 15.0. The molecule has 0 saturated carbocycles. The molecule has 2 rings (SSSR count). The molecule has 1 aliphatic rings.